The summed E-state index contributed by atoms with van der Waals surface area (Å²) in [6.45, 7) is 3.63. The highest BCUT2D eigenvalue weighted by Crippen LogP contribution is 2.47. The van der Waals surface area contributed by atoms with Gasteiger partial charge in [0, 0.05) is 5.69 Å². The number of carbonyl (C=O) groups is 3. The third kappa shape index (κ3) is 2.48. The summed E-state index contributed by atoms with van der Waals surface area (Å²) in [4.78, 5) is 39.3. The maximum atomic E-state index is 13.2. The van der Waals surface area contributed by atoms with Gasteiger partial charge in [0.05, 0.1) is 25.2 Å². The molecule has 2 rings (SSSR count). The van der Waals surface area contributed by atoms with Crippen LogP contribution >= 0.6 is 0 Å². The van der Waals surface area contributed by atoms with Crippen molar-refractivity contribution in [2.24, 2.45) is 5.41 Å². The molecule has 1 aliphatic heterocycles. The van der Waals surface area contributed by atoms with E-state index < -0.39 is 17.4 Å². The average molecular weight is 331 g/mol. The third-order valence-corrected chi connectivity index (χ3v) is 4.54. The highest BCUT2D eigenvalue weighted by atomic mass is 16.5. The topological polar surface area (TPSA) is 72.9 Å². The SMILES string of the molecule is CCC1(CC)C(=O)N(c2ccccc2)C(C(=O)OC)=C1C(=O)OC. The van der Waals surface area contributed by atoms with Crippen molar-refractivity contribution in [3.05, 3.63) is 41.6 Å². The van der Waals surface area contributed by atoms with Crippen LogP contribution in [0, 0.1) is 5.41 Å². The first-order valence-corrected chi connectivity index (χ1v) is 7.79. The van der Waals surface area contributed by atoms with Gasteiger partial charge in [0.25, 0.3) is 0 Å². The van der Waals surface area contributed by atoms with E-state index in [-0.39, 0.29) is 17.2 Å². The van der Waals surface area contributed by atoms with Gasteiger partial charge >= 0.3 is 11.9 Å². The Morgan fingerprint density at radius 1 is 1.00 bits per heavy atom. The zero-order valence-electron chi connectivity index (χ0n) is 14.3. The van der Waals surface area contributed by atoms with Crippen LogP contribution < -0.4 is 4.90 Å². The zero-order chi connectivity index (χ0) is 17.9. The molecule has 6 nitrogen and oxygen atoms in total. The summed E-state index contributed by atoms with van der Waals surface area (Å²) in [6.07, 6.45) is 0.743. The number of methoxy groups -OCH3 is 2. The largest absolute Gasteiger partial charge is 0.466 e. The van der Waals surface area contributed by atoms with E-state index >= 15 is 0 Å². The number of hydrogen-bond donors (Lipinski definition) is 0. The number of para-hydroxylation sites is 1. The molecule has 1 aromatic carbocycles. The normalized spacial score (nSPS) is 16.3. The van der Waals surface area contributed by atoms with E-state index in [1.165, 1.54) is 19.1 Å². The monoisotopic (exact) mass is 331 g/mol. The smallest absolute Gasteiger partial charge is 0.355 e. The first-order valence-electron chi connectivity index (χ1n) is 7.79. The molecular formula is C18H21NO5. The molecule has 0 saturated carbocycles. The minimum absolute atomic E-state index is 0.0655. The van der Waals surface area contributed by atoms with Gasteiger partial charge in [-0.1, -0.05) is 32.0 Å². The third-order valence-electron chi connectivity index (χ3n) is 4.54. The molecule has 1 aliphatic rings. The number of esters is 2. The van der Waals surface area contributed by atoms with Crippen molar-refractivity contribution in [3.63, 3.8) is 0 Å². The lowest BCUT2D eigenvalue weighted by atomic mass is 9.76. The maximum Gasteiger partial charge on any atom is 0.355 e. The van der Waals surface area contributed by atoms with E-state index in [9.17, 15) is 14.4 Å². The molecule has 1 heterocycles. The van der Waals surface area contributed by atoms with Crippen LogP contribution in [-0.4, -0.2) is 32.1 Å². The number of amides is 1. The minimum atomic E-state index is -1.10. The number of hydrogen-bond acceptors (Lipinski definition) is 5. The molecule has 0 unspecified atom stereocenters. The molecule has 0 aliphatic carbocycles. The Morgan fingerprint density at radius 2 is 1.54 bits per heavy atom. The molecule has 0 aromatic heterocycles. The molecule has 0 saturated heterocycles. The molecule has 0 N–H and O–H groups in total. The molecule has 0 bridgehead atoms. The molecule has 24 heavy (non-hydrogen) atoms. The quantitative estimate of drug-likeness (QED) is 0.775. The van der Waals surface area contributed by atoms with Crippen molar-refractivity contribution in [2.45, 2.75) is 26.7 Å². The Morgan fingerprint density at radius 3 is 2.00 bits per heavy atom. The van der Waals surface area contributed by atoms with Gasteiger partial charge in [-0.2, -0.15) is 0 Å². The number of carbonyl (C=O) groups excluding carboxylic acids is 3. The zero-order valence-corrected chi connectivity index (χ0v) is 14.3. The Kier molecular flexibility index (Phi) is 5.07. The summed E-state index contributed by atoms with van der Waals surface area (Å²) in [6, 6.07) is 8.73. The van der Waals surface area contributed by atoms with Crippen LogP contribution in [0.25, 0.3) is 0 Å². The molecule has 1 amide bonds. The Bertz CT molecular complexity index is 689. The van der Waals surface area contributed by atoms with Gasteiger partial charge < -0.3 is 9.47 Å². The van der Waals surface area contributed by atoms with E-state index in [1.807, 2.05) is 13.8 Å². The number of ether oxygens (including phenoxy) is 2. The van der Waals surface area contributed by atoms with Crippen LogP contribution in [0.5, 0.6) is 0 Å². The van der Waals surface area contributed by atoms with Crippen LogP contribution in [0.1, 0.15) is 26.7 Å². The van der Waals surface area contributed by atoms with Gasteiger partial charge in [0.2, 0.25) is 5.91 Å². The van der Waals surface area contributed by atoms with Crippen LogP contribution in [0.4, 0.5) is 5.69 Å². The summed E-state index contributed by atoms with van der Waals surface area (Å²) < 4.78 is 9.71. The fourth-order valence-electron chi connectivity index (χ4n) is 3.17. The van der Waals surface area contributed by atoms with Crippen molar-refractivity contribution >= 4 is 23.5 Å². The molecule has 6 heteroatoms. The lowest BCUT2D eigenvalue weighted by molar-refractivity contribution is -0.140. The molecule has 0 atom stereocenters. The lowest BCUT2D eigenvalue weighted by Gasteiger charge is -2.27. The molecule has 0 radical (unpaired) electrons. The Balaban J connectivity index is 2.80. The summed E-state index contributed by atoms with van der Waals surface area (Å²) in [5.74, 6) is -1.75. The van der Waals surface area contributed by atoms with Crippen molar-refractivity contribution in [1.29, 1.82) is 0 Å². The van der Waals surface area contributed by atoms with Gasteiger partial charge in [0.15, 0.2) is 0 Å². The van der Waals surface area contributed by atoms with Crippen molar-refractivity contribution in [3.8, 4) is 0 Å². The lowest BCUT2D eigenvalue weighted by Crippen LogP contribution is -2.38. The van der Waals surface area contributed by atoms with Gasteiger partial charge in [-0.15, -0.1) is 0 Å². The maximum absolute atomic E-state index is 13.2. The predicted molar refractivity (Wildman–Crippen MR) is 88.0 cm³/mol. The number of rotatable bonds is 5. The van der Waals surface area contributed by atoms with Gasteiger partial charge in [-0.25, -0.2) is 9.59 Å². The van der Waals surface area contributed by atoms with Crippen LogP contribution in [0.15, 0.2) is 41.6 Å². The minimum Gasteiger partial charge on any atom is -0.466 e. The van der Waals surface area contributed by atoms with E-state index in [4.69, 9.17) is 9.47 Å². The van der Waals surface area contributed by atoms with Crippen LogP contribution in [0.3, 0.4) is 0 Å². The first-order chi connectivity index (χ1) is 11.5. The Labute approximate surface area is 141 Å². The molecule has 0 spiro atoms. The van der Waals surface area contributed by atoms with Crippen molar-refractivity contribution < 1.29 is 23.9 Å². The van der Waals surface area contributed by atoms with Gasteiger partial charge in [-0.3, -0.25) is 9.69 Å². The highest BCUT2D eigenvalue weighted by Gasteiger charge is 2.56. The Hall–Kier alpha value is -2.63. The summed E-state index contributed by atoms with van der Waals surface area (Å²) >= 11 is 0. The average Bonchev–Trinajstić information content (AvgIpc) is 2.90. The fourth-order valence-corrected chi connectivity index (χ4v) is 3.17. The van der Waals surface area contributed by atoms with E-state index in [2.05, 4.69) is 0 Å². The van der Waals surface area contributed by atoms with Crippen LogP contribution in [0.2, 0.25) is 0 Å². The summed E-state index contributed by atoms with van der Waals surface area (Å²) in [5, 5.41) is 0. The van der Waals surface area contributed by atoms with E-state index in [1.54, 1.807) is 30.3 Å². The van der Waals surface area contributed by atoms with Crippen molar-refractivity contribution in [2.75, 3.05) is 19.1 Å². The first kappa shape index (κ1) is 17.7. The number of nitrogens with zero attached hydrogens (tertiary/aromatic N) is 1. The molecular weight excluding hydrogens is 310 g/mol. The summed E-state index contributed by atoms with van der Waals surface area (Å²) in [5.41, 5.74) is -0.597. The molecule has 128 valence electrons. The van der Waals surface area contributed by atoms with Crippen LogP contribution in [-0.2, 0) is 23.9 Å². The molecule has 0 fully saturated rings. The van der Waals surface area contributed by atoms with Gasteiger partial charge in [0.1, 0.15) is 5.70 Å². The predicted octanol–water partition coefficient (Wildman–Crippen LogP) is 2.44. The second-order valence-electron chi connectivity index (χ2n) is 5.47. The summed E-state index contributed by atoms with van der Waals surface area (Å²) in [7, 11) is 2.45. The van der Waals surface area contributed by atoms with Crippen molar-refractivity contribution in [1.82, 2.24) is 0 Å². The standard InChI is InChI=1S/C18H21NO5/c1-5-18(6-2)13(15(20)23-3)14(16(21)24-4)19(17(18)22)12-10-8-7-9-11-12/h7-11H,5-6H2,1-4H3. The van der Waals surface area contributed by atoms with E-state index in [0.29, 0.717) is 18.5 Å². The second kappa shape index (κ2) is 6.86. The second-order valence-corrected chi connectivity index (χ2v) is 5.47. The number of anilines is 1. The van der Waals surface area contributed by atoms with Gasteiger partial charge in [-0.05, 0) is 25.0 Å². The number of benzene rings is 1. The fraction of sp³-hybridized carbons (Fsp3) is 0.389. The molecule has 1 aromatic rings. The van der Waals surface area contributed by atoms with E-state index in [0.717, 1.165) is 0 Å². The highest BCUT2D eigenvalue weighted by molar-refractivity contribution is 6.21.